The minimum Gasteiger partial charge on any atom is -0.395 e. The van der Waals surface area contributed by atoms with Crippen molar-refractivity contribution in [1.29, 1.82) is 0 Å². The van der Waals surface area contributed by atoms with Crippen LogP contribution in [0.15, 0.2) is 30.3 Å². The number of nitrogens with zero attached hydrogens (tertiary/aromatic N) is 2. The zero-order valence-electron chi connectivity index (χ0n) is 13.7. The molecule has 1 aromatic rings. The third-order valence-corrected chi connectivity index (χ3v) is 4.27. The van der Waals surface area contributed by atoms with Crippen molar-refractivity contribution >= 4 is 11.9 Å². The first-order valence-corrected chi connectivity index (χ1v) is 8.07. The van der Waals surface area contributed by atoms with Crippen LogP contribution in [0.5, 0.6) is 0 Å². The Labute approximate surface area is 137 Å². The summed E-state index contributed by atoms with van der Waals surface area (Å²) < 4.78 is 0. The van der Waals surface area contributed by atoms with Crippen molar-refractivity contribution < 1.29 is 14.7 Å². The number of benzene rings is 1. The summed E-state index contributed by atoms with van der Waals surface area (Å²) in [6.45, 7) is 5.13. The number of hydrogen-bond acceptors (Lipinski definition) is 3. The molecular weight excluding hydrogens is 294 g/mol. The van der Waals surface area contributed by atoms with Crippen LogP contribution < -0.4 is 5.32 Å². The van der Waals surface area contributed by atoms with Crippen LogP contribution in [0.25, 0.3) is 0 Å². The predicted molar refractivity (Wildman–Crippen MR) is 87.8 cm³/mol. The highest BCUT2D eigenvalue weighted by Crippen LogP contribution is 2.25. The summed E-state index contributed by atoms with van der Waals surface area (Å²) in [5.41, 5.74) is 1.09. The minimum atomic E-state index is -0.228. The highest BCUT2D eigenvalue weighted by atomic mass is 16.3. The van der Waals surface area contributed by atoms with Crippen molar-refractivity contribution in [3.8, 4) is 0 Å². The number of nitrogens with one attached hydrogen (secondary N) is 1. The van der Waals surface area contributed by atoms with E-state index in [0.29, 0.717) is 26.1 Å². The Bertz CT molecular complexity index is 535. The molecule has 0 spiro atoms. The van der Waals surface area contributed by atoms with E-state index in [1.165, 1.54) is 4.90 Å². The standard InChI is InChI=1S/C17H25N3O3/c1-3-19(9-10-21)17(23)18-15-11-16(22)20(12-15)13(2)14-7-5-4-6-8-14/h4-8,13,15,21H,3,9-12H2,1-2H3,(H,18,23). The molecule has 2 atom stereocenters. The molecular formula is C17H25N3O3. The second kappa shape index (κ2) is 7.97. The van der Waals surface area contributed by atoms with Gasteiger partial charge >= 0.3 is 6.03 Å². The summed E-state index contributed by atoms with van der Waals surface area (Å²) in [5.74, 6) is 0.0526. The maximum Gasteiger partial charge on any atom is 0.317 e. The van der Waals surface area contributed by atoms with E-state index in [0.717, 1.165) is 5.56 Å². The molecule has 1 aliphatic rings. The van der Waals surface area contributed by atoms with E-state index in [4.69, 9.17) is 5.11 Å². The quantitative estimate of drug-likeness (QED) is 0.832. The van der Waals surface area contributed by atoms with Crippen LogP contribution in [0.2, 0.25) is 0 Å². The van der Waals surface area contributed by atoms with Gasteiger partial charge in [-0.15, -0.1) is 0 Å². The number of aliphatic hydroxyl groups is 1. The number of amides is 3. The number of hydrogen-bond donors (Lipinski definition) is 2. The van der Waals surface area contributed by atoms with Gasteiger partial charge in [0, 0.05) is 26.1 Å². The van der Waals surface area contributed by atoms with Crippen molar-refractivity contribution in [3.63, 3.8) is 0 Å². The lowest BCUT2D eigenvalue weighted by molar-refractivity contribution is -0.129. The second-order valence-electron chi connectivity index (χ2n) is 5.79. The van der Waals surface area contributed by atoms with Gasteiger partial charge in [-0.2, -0.15) is 0 Å². The fourth-order valence-corrected chi connectivity index (χ4v) is 2.90. The molecule has 1 aromatic carbocycles. The Hall–Kier alpha value is -2.08. The average Bonchev–Trinajstić information content (AvgIpc) is 2.92. The van der Waals surface area contributed by atoms with Crippen LogP contribution in [-0.2, 0) is 4.79 Å². The van der Waals surface area contributed by atoms with Crippen molar-refractivity contribution in [2.75, 3.05) is 26.2 Å². The van der Waals surface area contributed by atoms with E-state index in [1.54, 1.807) is 0 Å². The molecule has 6 heteroatoms. The number of carbonyl (C=O) groups is 2. The summed E-state index contributed by atoms with van der Waals surface area (Å²) in [6, 6.07) is 9.45. The lowest BCUT2D eigenvalue weighted by Gasteiger charge is -2.26. The van der Waals surface area contributed by atoms with Crippen LogP contribution >= 0.6 is 0 Å². The Kier molecular flexibility index (Phi) is 5.98. The first-order chi connectivity index (χ1) is 11.1. The number of urea groups is 1. The maximum atomic E-state index is 12.3. The molecule has 0 radical (unpaired) electrons. The Morgan fingerprint density at radius 2 is 2.13 bits per heavy atom. The largest absolute Gasteiger partial charge is 0.395 e. The van der Waals surface area contributed by atoms with Gasteiger partial charge in [0.1, 0.15) is 0 Å². The molecule has 0 saturated carbocycles. The first-order valence-electron chi connectivity index (χ1n) is 8.07. The van der Waals surface area contributed by atoms with Crippen LogP contribution in [0.1, 0.15) is 31.9 Å². The number of carbonyl (C=O) groups excluding carboxylic acids is 2. The van der Waals surface area contributed by atoms with Gasteiger partial charge < -0.3 is 20.2 Å². The van der Waals surface area contributed by atoms with E-state index in [-0.39, 0.29) is 30.6 Å². The van der Waals surface area contributed by atoms with Gasteiger partial charge in [0.15, 0.2) is 0 Å². The molecule has 1 aliphatic heterocycles. The fraction of sp³-hybridized carbons (Fsp3) is 0.529. The monoisotopic (exact) mass is 319 g/mol. The molecule has 1 fully saturated rings. The molecule has 23 heavy (non-hydrogen) atoms. The summed E-state index contributed by atoms with van der Waals surface area (Å²) in [5, 5.41) is 11.9. The zero-order valence-corrected chi connectivity index (χ0v) is 13.7. The molecule has 2 N–H and O–H groups in total. The predicted octanol–water partition coefficient (Wildman–Crippen LogP) is 1.37. The van der Waals surface area contributed by atoms with Crippen molar-refractivity contribution in [3.05, 3.63) is 35.9 Å². The molecule has 2 unspecified atom stereocenters. The van der Waals surface area contributed by atoms with Gasteiger partial charge in [-0.05, 0) is 19.4 Å². The summed E-state index contributed by atoms with van der Waals surface area (Å²) >= 11 is 0. The molecule has 1 saturated heterocycles. The van der Waals surface area contributed by atoms with E-state index in [9.17, 15) is 9.59 Å². The number of aliphatic hydroxyl groups excluding tert-OH is 1. The average molecular weight is 319 g/mol. The van der Waals surface area contributed by atoms with Gasteiger partial charge in [0.05, 0.1) is 18.7 Å². The summed E-state index contributed by atoms with van der Waals surface area (Å²) in [7, 11) is 0. The topological polar surface area (TPSA) is 72.9 Å². The van der Waals surface area contributed by atoms with Gasteiger partial charge in [-0.1, -0.05) is 30.3 Å². The Balaban J connectivity index is 1.96. The molecule has 3 amide bonds. The van der Waals surface area contributed by atoms with E-state index in [1.807, 2.05) is 49.1 Å². The highest BCUT2D eigenvalue weighted by Gasteiger charge is 2.34. The van der Waals surface area contributed by atoms with E-state index in [2.05, 4.69) is 5.32 Å². The second-order valence-corrected chi connectivity index (χ2v) is 5.79. The smallest absolute Gasteiger partial charge is 0.317 e. The maximum absolute atomic E-state index is 12.3. The van der Waals surface area contributed by atoms with Crippen LogP contribution in [0.3, 0.4) is 0 Å². The number of likely N-dealkylation sites (tertiary alicyclic amines) is 1. The van der Waals surface area contributed by atoms with Gasteiger partial charge in [-0.25, -0.2) is 4.79 Å². The molecule has 6 nitrogen and oxygen atoms in total. The fourth-order valence-electron chi connectivity index (χ4n) is 2.90. The van der Waals surface area contributed by atoms with E-state index < -0.39 is 0 Å². The van der Waals surface area contributed by atoms with Gasteiger partial charge in [0.25, 0.3) is 0 Å². The minimum absolute atomic E-state index is 0.00896. The molecule has 0 aliphatic carbocycles. The number of likely N-dealkylation sites (N-methyl/N-ethyl adjacent to an activating group) is 1. The van der Waals surface area contributed by atoms with Crippen molar-refractivity contribution in [1.82, 2.24) is 15.1 Å². The van der Waals surface area contributed by atoms with Gasteiger partial charge in [0.2, 0.25) is 5.91 Å². The lowest BCUT2D eigenvalue weighted by atomic mass is 10.1. The number of rotatable bonds is 6. The molecule has 1 heterocycles. The SMILES string of the molecule is CCN(CCO)C(=O)NC1CC(=O)N(C(C)c2ccccc2)C1. The molecule has 2 rings (SSSR count). The molecule has 0 aromatic heterocycles. The van der Waals surface area contributed by atoms with E-state index >= 15 is 0 Å². The molecule has 0 bridgehead atoms. The normalized spacial score (nSPS) is 18.8. The Morgan fingerprint density at radius 3 is 2.74 bits per heavy atom. The summed E-state index contributed by atoms with van der Waals surface area (Å²) in [4.78, 5) is 27.8. The third kappa shape index (κ3) is 4.22. The zero-order chi connectivity index (χ0) is 16.8. The highest BCUT2D eigenvalue weighted by molar-refractivity contribution is 5.82. The molecule has 126 valence electrons. The van der Waals surface area contributed by atoms with Gasteiger partial charge in [-0.3, -0.25) is 4.79 Å². The summed E-state index contributed by atoms with van der Waals surface area (Å²) in [6.07, 6.45) is 0.319. The van der Waals surface area contributed by atoms with Crippen molar-refractivity contribution in [2.24, 2.45) is 0 Å². The van der Waals surface area contributed by atoms with Crippen LogP contribution in [-0.4, -0.2) is 59.1 Å². The lowest BCUT2D eigenvalue weighted by Crippen LogP contribution is -2.46. The van der Waals surface area contributed by atoms with Crippen LogP contribution in [0, 0.1) is 0 Å². The van der Waals surface area contributed by atoms with Crippen LogP contribution in [0.4, 0.5) is 4.79 Å². The third-order valence-electron chi connectivity index (χ3n) is 4.27. The Morgan fingerprint density at radius 1 is 1.43 bits per heavy atom. The first kappa shape index (κ1) is 17.3. The van der Waals surface area contributed by atoms with Crippen molar-refractivity contribution in [2.45, 2.75) is 32.4 Å².